The molecular weight excluding hydrogens is 410 g/mol. The van der Waals surface area contributed by atoms with Gasteiger partial charge in [-0.15, -0.1) is 0 Å². The molecule has 0 heterocycles. The Kier molecular flexibility index (Phi) is 7.87. The Labute approximate surface area is 188 Å². The number of carbonyl (C=O) groups is 3. The average molecular weight is 440 g/mol. The van der Waals surface area contributed by atoms with Crippen LogP contribution in [0.3, 0.4) is 0 Å². The van der Waals surface area contributed by atoms with Gasteiger partial charge >= 0.3 is 5.97 Å². The van der Waals surface area contributed by atoms with Gasteiger partial charge in [-0.3, -0.25) is 14.4 Å². The van der Waals surface area contributed by atoms with Gasteiger partial charge in [0.15, 0.2) is 11.9 Å². The lowest BCUT2D eigenvalue weighted by atomic mass is 9.89. The molecule has 7 heteroatoms. The molecule has 170 valence electrons. The van der Waals surface area contributed by atoms with E-state index < -0.39 is 18.0 Å². The molecule has 0 fully saturated rings. The molecule has 32 heavy (non-hydrogen) atoms. The number of methoxy groups -OCH3 is 2. The Morgan fingerprint density at radius 2 is 1.69 bits per heavy atom. The van der Waals surface area contributed by atoms with E-state index in [1.54, 1.807) is 18.2 Å². The van der Waals surface area contributed by atoms with Crippen LogP contribution in [0.15, 0.2) is 36.4 Å². The van der Waals surface area contributed by atoms with Gasteiger partial charge in [-0.25, -0.2) is 0 Å². The van der Waals surface area contributed by atoms with Gasteiger partial charge in [0.25, 0.3) is 5.91 Å². The molecule has 0 bridgehead atoms. The summed E-state index contributed by atoms with van der Waals surface area (Å²) in [5, 5.41) is 2.67. The molecule has 0 saturated carbocycles. The fourth-order valence-electron chi connectivity index (χ4n) is 3.72. The minimum Gasteiger partial charge on any atom is -0.497 e. The molecule has 0 spiro atoms. The van der Waals surface area contributed by atoms with Gasteiger partial charge in [-0.05, 0) is 61.9 Å². The number of hydrogen-bond acceptors (Lipinski definition) is 6. The topological polar surface area (TPSA) is 90.9 Å². The minimum atomic E-state index is -1.03. The van der Waals surface area contributed by atoms with Gasteiger partial charge in [0.1, 0.15) is 11.5 Å². The lowest BCUT2D eigenvalue weighted by Gasteiger charge is -2.16. The van der Waals surface area contributed by atoms with Gasteiger partial charge in [0.2, 0.25) is 0 Å². The smallest absolute Gasteiger partial charge is 0.307 e. The Balaban J connectivity index is 1.51. The second kappa shape index (κ2) is 10.8. The Morgan fingerprint density at radius 3 is 2.41 bits per heavy atom. The van der Waals surface area contributed by atoms with Gasteiger partial charge in [0, 0.05) is 18.1 Å². The number of carbonyl (C=O) groups excluding carboxylic acids is 3. The standard InChI is InChI=1S/C25H29NO6/c1-16(25(29)26-21-15-20(30-2)10-12-23(21)31-3)32-24(28)13-11-22(27)19-9-8-17-6-4-5-7-18(17)14-19/h8-10,12,14-16H,4-7,11,13H2,1-3H3,(H,26,29). The molecule has 0 aromatic heterocycles. The second-order valence-corrected chi connectivity index (χ2v) is 7.80. The van der Waals surface area contributed by atoms with Crippen molar-refractivity contribution in [2.24, 2.45) is 0 Å². The van der Waals surface area contributed by atoms with Crippen molar-refractivity contribution in [2.75, 3.05) is 19.5 Å². The first-order valence-corrected chi connectivity index (χ1v) is 10.8. The third-order valence-electron chi connectivity index (χ3n) is 5.57. The zero-order chi connectivity index (χ0) is 23.1. The van der Waals surface area contributed by atoms with Crippen LogP contribution in [0.2, 0.25) is 0 Å². The van der Waals surface area contributed by atoms with Crippen molar-refractivity contribution in [1.82, 2.24) is 0 Å². The summed E-state index contributed by atoms with van der Waals surface area (Å²) in [6, 6.07) is 10.8. The summed E-state index contributed by atoms with van der Waals surface area (Å²) in [5.74, 6) is -0.212. The maximum atomic E-state index is 12.5. The van der Waals surface area contributed by atoms with Crippen molar-refractivity contribution in [3.8, 4) is 11.5 Å². The number of hydrogen-bond donors (Lipinski definition) is 1. The largest absolute Gasteiger partial charge is 0.497 e. The van der Waals surface area contributed by atoms with Gasteiger partial charge in [-0.1, -0.05) is 12.1 Å². The van der Waals surface area contributed by atoms with Crippen molar-refractivity contribution >= 4 is 23.3 Å². The molecule has 1 amide bonds. The quantitative estimate of drug-likeness (QED) is 0.467. The Hall–Kier alpha value is -3.35. The fraction of sp³-hybridized carbons (Fsp3) is 0.400. The second-order valence-electron chi connectivity index (χ2n) is 7.80. The summed E-state index contributed by atoms with van der Waals surface area (Å²) < 4.78 is 15.6. The van der Waals surface area contributed by atoms with Crippen LogP contribution in [0.25, 0.3) is 0 Å². The first-order valence-electron chi connectivity index (χ1n) is 10.8. The maximum absolute atomic E-state index is 12.5. The van der Waals surface area contributed by atoms with Crippen LogP contribution in [0.5, 0.6) is 11.5 Å². The summed E-state index contributed by atoms with van der Waals surface area (Å²) in [6.07, 6.45) is 3.28. The molecule has 1 aliphatic carbocycles. The number of amides is 1. The van der Waals surface area contributed by atoms with Crippen molar-refractivity contribution in [3.63, 3.8) is 0 Å². The third kappa shape index (κ3) is 5.87. The van der Waals surface area contributed by atoms with Gasteiger partial charge in [-0.2, -0.15) is 0 Å². The van der Waals surface area contributed by atoms with E-state index in [0.29, 0.717) is 22.7 Å². The highest BCUT2D eigenvalue weighted by molar-refractivity contribution is 5.99. The van der Waals surface area contributed by atoms with Crippen LogP contribution >= 0.6 is 0 Å². The minimum absolute atomic E-state index is 0.0374. The van der Waals surface area contributed by atoms with E-state index in [1.807, 2.05) is 18.2 Å². The lowest BCUT2D eigenvalue weighted by Crippen LogP contribution is -2.30. The van der Waals surface area contributed by atoms with Crippen molar-refractivity contribution < 1.29 is 28.6 Å². The number of esters is 1. The SMILES string of the molecule is COc1ccc(OC)c(NC(=O)C(C)OC(=O)CCC(=O)c2ccc3c(c2)CCCC3)c1. The van der Waals surface area contributed by atoms with Crippen molar-refractivity contribution in [1.29, 1.82) is 0 Å². The number of Topliss-reactive ketones (excluding diaryl/α,β-unsaturated/α-hetero) is 1. The van der Waals surface area contributed by atoms with Crippen LogP contribution in [0.1, 0.15) is 54.1 Å². The molecule has 3 rings (SSSR count). The fourth-order valence-corrected chi connectivity index (χ4v) is 3.72. The number of aryl methyl sites for hydroxylation is 2. The number of anilines is 1. The van der Waals surface area contributed by atoms with Crippen LogP contribution < -0.4 is 14.8 Å². The monoisotopic (exact) mass is 439 g/mol. The number of ether oxygens (including phenoxy) is 3. The van der Waals surface area contributed by atoms with E-state index in [4.69, 9.17) is 14.2 Å². The first kappa shape index (κ1) is 23.3. The van der Waals surface area contributed by atoms with E-state index in [-0.39, 0.29) is 18.6 Å². The molecule has 1 unspecified atom stereocenters. The number of benzene rings is 2. The molecular formula is C25H29NO6. The van der Waals surface area contributed by atoms with Crippen LogP contribution in [-0.4, -0.2) is 38.0 Å². The Morgan fingerprint density at radius 1 is 0.938 bits per heavy atom. The molecule has 1 aliphatic rings. The Bertz CT molecular complexity index is 1000. The maximum Gasteiger partial charge on any atom is 0.307 e. The summed E-state index contributed by atoms with van der Waals surface area (Å²) in [4.78, 5) is 37.2. The van der Waals surface area contributed by atoms with E-state index in [9.17, 15) is 14.4 Å². The predicted molar refractivity (Wildman–Crippen MR) is 120 cm³/mol. The molecule has 2 aromatic rings. The van der Waals surface area contributed by atoms with Crippen molar-refractivity contribution in [3.05, 3.63) is 53.1 Å². The zero-order valence-corrected chi connectivity index (χ0v) is 18.7. The predicted octanol–water partition coefficient (Wildman–Crippen LogP) is 4.12. The van der Waals surface area contributed by atoms with Gasteiger partial charge < -0.3 is 19.5 Å². The molecule has 2 aromatic carbocycles. The molecule has 1 atom stereocenters. The zero-order valence-electron chi connectivity index (χ0n) is 18.7. The molecule has 0 radical (unpaired) electrons. The normalized spacial score (nSPS) is 13.5. The molecule has 7 nitrogen and oxygen atoms in total. The highest BCUT2D eigenvalue weighted by Gasteiger charge is 2.21. The number of fused-ring (bicyclic) bond motifs is 1. The highest BCUT2D eigenvalue weighted by Crippen LogP contribution is 2.29. The van der Waals surface area contributed by atoms with Crippen LogP contribution in [0.4, 0.5) is 5.69 Å². The summed E-state index contributed by atoms with van der Waals surface area (Å²) >= 11 is 0. The van der Waals surface area contributed by atoms with E-state index in [1.165, 1.54) is 38.7 Å². The van der Waals surface area contributed by atoms with E-state index in [2.05, 4.69) is 5.32 Å². The molecule has 0 aliphatic heterocycles. The first-order chi connectivity index (χ1) is 15.4. The number of nitrogens with one attached hydrogen (secondary N) is 1. The van der Waals surface area contributed by atoms with E-state index >= 15 is 0 Å². The van der Waals surface area contributed by atoms with Crippen molar-refractivity contribution in [2.45, 2.75) is 51.6 Å². The van der Waals surface area contributed by atoms with Gasteiger partial charge in [0.05, 0.1) is 26.3 Å². The summed E-state index contributed by atoms with van der Waals surface area (Å²) in [6.45, 7) is 1.48. The number of rotatable bonds is 9. The summed E-state index contributed by atoms with van der Waals surface area (Å²) in [5.41, 5.74) is 3.55. The lowest BCUT2D eigenvalue weighted by molar-refractivity contribution is -0.153. The van der Waals surface area contributed by atoms with Crippen LogP contribution in [0, 0.1) is 0 Å². The highest BCUT2D eigenvalue weighted by atomic mass is 16.5. The third-order valence-corrected chi connectivity index (χ3v) is 5.57. The average Bonchev–Trinajstić information content (AvgIpc) is 2.81. The molecule has 0 saturated heterocycles. The molecule has 1 N–H and O–H groups in total. The van der Waals surface area contributed by atoms with E-state index in [0.717, 1.165) is 19.3 Å². The van der Waals surface area contributed by atoms with Crippen LogP contribution in [-0.2, 0) is 27.2 Å². The number of ketones is 1. The summed E-state index contributed by atoms with van der Waals surface area (Å²) in [7, 11) is 3.00.